The number of benzene rings is 1. The lowest BCUT2D eigenvalue weighted by Crippen LogP contribution is -2.49. The predicted octanol–water partition coefficient (Wildman–Crippen LogP) is 2.71. The molecule has 0 radical (unpaired) electrons. The molecule has 18 heavy (non-hydrogen) atoms. The van der Waals surface area contributed by atoms with Crippen molar-refractivity contribution in [3.8, 4) is 0 Å². The lowest BCUT2D eigenvalue weighted by atomic mass is 10.1. The third-order valence-electron chi connectivity index (χ3n) is 3.08. The summed E-state index contributed by atoms with van der Waals surface area (Å²) in [6.45, 7) is 3.78. The SMILES string of the molecule is CCN(Cc1ccccc1C)C(CN)C(F)(F)F. The third-order valence-corrected chi connectivity index (χ3v) is 3.08. The molecule has 0 aromatic heterocycles. The highest BCUT2D eigenvalue weighted by molar-refractivity contribution is 5.25. The van der Waals surface area contributed by atoms with Crippen LogP contribution in [-0.2, 0) is 6.54 Å². The van der Waals surface area contributed by atoms with E-state index in [9.17, 15) is 13.2 Å². The Morgan fingerprint density at radius 1 is 1.28 bits per heavy atom. The third kappa shape index (κ3) is 3.71. The number of nitrogens with zero attached hydrogens (tertiary/aromatic N) is 1. The molecule has 0 saturated carbocycles. The van der Waals surface area contributed by atoms with Crippen LogP contribution in [0.25, 0.3) is 0 Å². The molecule has 0 aliphatic carbocycles. The lowest BCUT2D eigenvalue weighted by Gasteiger charge is -2.31. The van der Waals surface area contributed by atoms with Crippen molar-refractivity contribution in [3.63, 3.8) is 0 Å². The fourth-order valence-corrected chi connectivity index (χ4v) is 1.94. The molecule has 102 valence electrons. The maximum atomic E-state index is 12.8. The zero-order chi connectivity index (χ0) is 13.8. The lowest BCUT2D eigenvalue weighted by molar-refractivity contribution is -0.182. The standard InChI is InChI=1S/C13H19F3N2/c1-3-18(12(8-17)13(14,15)16)9-11-7-5-4-6-10(11)2/h4-7,12H,3,8-9,17H2,1-2H3. The minimum absolute atomic E-state index is 0.268. The first-order valence-corrected chi connectivity index (χ1v) is 5.95. The molecule has 0 aliphatic rings. The zero-order valence-corrected chi connectivity index (χ0v) is 10.7. The van der Waals surface area contributed by atoms with Gasteiger partial charge in [-0.15, -0.1) is 0 Å². The van der Waals surface area contributed by atoms with Crippen LogP contribution in [0, 0.1) is 6.92 Å². The molecule has 0 spiro atoms. The second-order valence-electron chi connectivity index (χ2n) is 4.28. The number of nitrogens with two attached hydrogens (primary N) is 1. The van der Waals surface area contributed by atoms with Crippen LogP contribution in [0.4, 0.5) is 13.2 Å². The van der Waals surface area contributed by atoms with E-state index in [0.717, 1.165) is 11.1 Å². The van der Waals surface area contributed by atoms with Gasteiger partial charge in [-0.25, -0.2) is 0 Å². The monoisotopic (exact) mass is 260 g/mol. The van der Waals surface area contributed by atoms with Crippen LogP contribution in [0.1, 0.15) is 18.1 Å². The van der Waals surface area contributed by atoms with Crippen molar-refractivity contribution in [1.82, 2.24) is 4.90 Å². The Morgan fingerprint density at radius 2 is 1.89 bits per heavy atom. The van der Waals surface area contributed by atoms with E-state index >= 15 is 0 Å². The summed E-state index contributed by atoms with van der Waals surface area (Å²) in [5.41, 5.74) is 7.16. The number of aryl methyl sites for hydroxylation is 1. The van der Waals surface area contributed by atoms with Crippen LogP contribution in [0.5, 0.6) is 0 Å². The Morgan fingerprint density at radius 3 is 2.33 bits per heavy atom. The van der Waals surface area contributed by atoms with E-state index in [4.69, 9.17) is 5.73 Å². The molecule has 0 amide bonds. The van der Waals surface area contributed by atoms with E-state index in [2.05, 4.69) is 0 Å². The largest absolute Gasteiger partial charge is 0.405 e. The van der Waals surface area contributed by atoms with Crippen LogP contribution in [-0.4, -0.2) is 30.2 Å². The van der Waals surface area contributed by atoms with Gasteiger partial charge in [0.25, 0.3) is 0 Å². The normalized spacial score (nSPS) is 13.9. The minimum atomic E-state index is -4.28. The van der Waals surface area contributed by atoms with Crippen LogP contribution >= 0.6 is 0 Å². The fraction of sp³-hybridized carbons (Fsp3) is 0.538. The van der Waals surface area contributed by atoms with E-state index in [1.54, 1.807) is 6.92 Å². The van der Waals surface area contributed by atoms with E-state index < -0.39 is 18.8 Å². The first kappa shape index (κ1) is 15.0. The molecular formula is C13H19F3N2. The summed E-state index contributed by atoms with van der Waals surface area (Å²) in [7, 11) is 0. The van der Waals surface area contributed by atoms with Crippen LogP contribution in [0.15, 0.2) is 24.3 Å². The molecule has 2 nitrogen and oxygen atoms in total. The van der Waals surface area contributed by atoms with Crippen molar-refractivity contribution in [2.24, 2.45) is 5.73 Å². The van der Waals surface area contributed by atoms with Crippen molar-refractivity contribution in [3.05, 3.63) is 35.4 Å². The van der Waals surface area contributed by atoms with E-state index in [-0.39, 0.29) is 6.54 Å². The highest BCUT2D eigenvalue weighted by Crippen LogP contribution is 2.25. The molecule has 1 aromatic rings. The van der Waals surface area contributed by atoms with Gasteiger partial charge in [0.15, 0.2) is 0 Å². The minimum Gasteiger partial charge on any atom is -0.329 e. The molecule has 0 fully saturated rings. The van der Waals surface area contributed by atoms with Crippen LogP contribution in [0.2, 0.25) is 0 Å². The van der Waals surface area contributed by atoms with Crippen LogP contribution in [0.3, 0.4) is 0 Å². The first-order valence-electron chi connectivity index (χ1n) is 5.95. The van der Waals surface area contributed by atoms with Gasteiger partial charge in [0.2, 0.25) is 0 Å². The van der Waals surface area contributed by atoms with Gasteiger partial charge < -0.3 is 5.73 Å². The predicted molar refractivity (Wildman–Crippen MR) is 66.2 cm³/mol. The van der Waals surface area contributed by atoms with Crippen molar-refractivity contribution < 1.29 is 13.2 Å². The summed E-state index contributed by atoms with van der Waals surface area (Å²) in [5, 5.41) is 0. The Kier molecular flexibility index (Phi) is 5.16. The molecule has 0 aliphatic heterocycles. The van der Waals surface area contributed by atoms with Crippen LogP contribution < -0.4 is 5.73 Å². The summed E-state index contributed by atoms with van der Waals surface area (Å²) in [5.74, 6) is 0. The van der Waals surface area contributed by atoms with E-state index in [1.165, 1.54) is 4.90 Å². The molecule has 1 unspecified atom stereocenters. The number of hydrogen-bond donors (Lipinski definition) is 1. The van der Waals surface area contributed by atoms with Crippen molar-refractivity contribution in [2.75, 3.05) is 13.1 Å². The summed E-state index contributed by atoms with van der Waals surface area (Å²) >= 11 is 0. The number of hydrogen-bond acceptors (Lipinski definition) is 2. The highest BCUT2D eigenvalue weighted by Gasteiger charge is 2.42. The molecule has 2 N–H and O–H groups in total. The molecule has 5 heteroatoms. The second-order valence-corrected chi connectivity index (χ2v) is 4.28. The van der Waals surface area contributed by atoms with Gasteiger partial charge in [0.05, 0.1) is 0 Å². The van der Waals surface area contributed by atoms with Gasteiger partial charge >= 0.3 is 6.18 Å². The Balaban J connectivity index is 2.88. The maximum Gasteiger partial charge on any atom is 0.405 e. The van der Waals surface area contributed by atoms with E-state index in [0.29, 0.717) is 6.54 Å². The zero-order valence-electron chi connectivity index (χ0n) is 10.7. The van der Waals surface area contributed by atoms with E-state index in [1.807, 2.05) is 31.2 Å². The van der Waals surface area contributed by atoms with Crippen molar-refractivity contribution in [2.45, 2.75) is 32.6 Å². The van der Waals surface area contributed by atoms with Gasteiger partial charge in [-0.3, -0.25) is 4.90 Å². The quantitative estimate of drug-likeness (QED) is 0.882. The molecule has 1 rings (SSSR count). The molecule has 0 bridgehead atoms. The van der Waals surface area contributed by atoms with Gasteiger partial charge in [-0.1, -0.05) is 31.2 Å². The number of rotatable bonds is 5. The number of likely N-dealkylation sites (N-methyl/N-ethyl adjacent to an activating group) is 1. The maximum absolute atomic E-state index is 12.8. The molecule has 0 heterocycles. The summed E-state index contributed by atoms with van der Waals surface area (Å²) in [6.07, 6.45) is -4.28. The summed E-state index contributed by atoms with van der Waals surface area (Å²) < 4.78 is 38.5. The van der Waals surface area contributed by atoms with Gasteiger partial charge in [-0.2, -0.15) is 13.2 Å². The average Bonchev–Trinajstić information content (AvgIpc) is 2.29. The molecule has 1 atom stereocenters. The summed E-state index contributed by atoms with van der Waals surface area (Å²) in [6, 6.07) is 5.87. The van der Waals surface area contributed by atoms with Gasteiger partial charge in [0.1, 0.15) is 6.04 Å². The summed E-state index contributed by atoms with van der Waals surface area (Å²) in [4.78, 5) is 1.36. The van der Waals surface area contributed by atoms with Gasteiger partial charge in [0, 0.05) is 13.1 Å². The first-order chi connectivity index (χ1) is 8.40. The molecule has 0 saturated heterocycles. The average molecular weight is 260 g/mol. The Bertz CT molecular complexity index is 377. The number of halogens is 3. The van der Waals surface area contributed by atoms with Crippen molar-refractivity contribution in [1.29, 1.82) is 0 Å². The second kappa shape index (κ2) is 6.20. The number of alkyl halides is 3. The van der Waals surface area contributed by atoms with Crippen molar-refractivity contribution >= 4 is 0 Å². The molecule has 1 aromatic carbocycles. The molecular weight excluding hydrogens is 241 g/mol. The fourth-order valence-electron chi connectivity index (χ4n) is 1.94. The van der Waals surface area contributed by atoms with Gasteiger partial charge in [-0.05, 0) is 24.6 Å². The Labute approximate surface area is 106 Å². The topological polar surface area (TPSA) is 29.3 Å². The highest BCUT2D eigenvalue weighted by atomic mass is 19.4. The Hall–Kier alpha value is -1.07. The smallest absolute Gasteiger partial charge is 0.329 e.